The van der Waals surface area contributed by atoms with Crippen molar-refractivity contribution in [3.05, 3.63) is 30.0 Å². The van der Waals surface area contributed by atoms with Gasteiger partial charge in [0.1, 0.15) is 5.75 Å². The number of aromatic nitrogens is 1. The lowest BCUT2D eigenvalue weighted by atomic mass is 10.2. The summed E-state index contributed by atoms with van der Waals surface area (Å²) in [5, 5.41) is 10.7. The fourth-order valence-electron chi connectivity index (χ4n) is 2.99. The summed E-state index contributed by atoms with van der Waals surface area (Å²) in [5.74, 6) is 0.350. The molecule has 1 aromatic heterocycles. The van der Waals surface area contributed by atoms with Crippen LogP contribution in [0.1, 0.15) is 25.5 Å². The summed E-state index contributed by atoms with van der Waals surface area (Å²) in [7, 11) is 0. The second kappa shape index (κ2) is 4.65. The van der Waals surface area contributed by atoms with E-state index >= 15 is 0 Å². The third-order valence-corrected chi connectivity index (χ3v) is 3.87. The molecule has 18 heavy (non-hydrogen) atoms. The van der Waals surface area contributed by atoms with Gasteiger partial charge in [0.2, 0.25) is 0 Å². The van der Waals surface area contributed by atoms with Gasteiger partial charge in [-0.15, -0.1) is 0 Å². The van der Waals surface area contributed by atoms with Crippen molar-refractivity contribution in [3.8, 4) is 5.75 Å². The maximum atomic E-state index is 9.57. The zero-order valence-electron chi connectivity index (χ0n) is 10.9. The molecule has 3 rings (SSSR count). The highest BCUT2D eigenvalue weighted by atomic mass is 16.3. The molecule has 1 saturated heterocycles. The Morgan fingerprint density at radius 2 is 1.94 bits per heavy atom. The Kier molecular flexibility index (Phi) is 3.00. The first-order chi connectivity index (χ1) is 8.78. The van der Waals surface area contributed by atoms with Crippen molar-refractivity contribution in [1.29, 1.82) is 0 Å². The topological polar surface area (TPSA) is 28.4 Å². The predicted molar refractivity (Wildman–Crippen MR) is 73.8 cm³/mol. The summed E-state index contributed by atoms with van der Waals surface area (Å²) in [6.45, 7) is 6.63. The lowest BCUT2D eigenvalue weighted by Crippen LogP contribution is -2.20. The molecule has 1 aromatic carbocycles. The summed E-state index contributed by atoms with van der Waals surface area (Å²) in [6.07, 6.45) is 2.65. The molecule has 0 spiro atoms. The van der Waals surface area contributed by atoms with E-state index in [4.69, 9.17) is 0 Å². The summed E-state index contributed by atoms with van der Waals surface area (Å²) in [5.41, 5.74) is 2.59. The van der Waals surface area contributed by atoms with E-state index in [1.54, 1.807) is 6.07 Å². The molecule has 0 radical (unpaired) electrons. The van der Waals surface area contributed by atoms with Crippen LogP contribution in [0.2, 0.25) is 0 Å². The van der Waals surface area contributed by atoms with Crippen LogP contribution in [0.5, 0.6) is 5.75 Å². The van der Waals surface area contributed by atoms with Crippen LogP contribution in [0.15, 0.2) is 24.3 Å². The summed E-state index contributed by atoms with van der Waals surface area (Å²) >= 11 is 0. The molecule has 2 heterocycles. The Morgan fingerprint density at radius 3 is 2.67 bits per heavy atom. The molecular weight excluding hydrogens is 224 g/mol. The molecule has 1 N–H and O–H groups in total. The molecule has 0 unspecified atom stereocenters. The zero-order valence-corrected chi connectivity index (χ0v) is 10.9. The number of fused-ring (bicyclic) bond motifs is 1. The Balaban J connectivity index is 1.99. The molecule has 0 saturated carbocycles. The largest absolute Gasteiger partial charge is 0.508 e. The summed E-state index contributed by atoms with van der Waals surface area (Å²) in [4.78, 5) is 2.51. The molecule has 1 fully saturated rings. The van der Waals surface area contributed by atoms with Crippen LogP contribution in [-0.4, -0.2) is 27.7 Å². The Labute approximate surface area is 108 Å². The fraction of sp³-hybridized carbons (Fsp3) is 0.467. The van der Waals surface area contributed by atoms with Crippen LogP contribution in [0.4, 0.5) is 0 Å². The number of aryl methyl sites for hydroxylation is 1. The van der Waals surface area contributed by atoms with Gasteiger partial charge >= 0.3 is 0 Å². The highest BCUT2D eigenvalue weighted by Gasteiger charge is 2.15. The van der Waals surface area contributed by atoms with Crippen molar-refractivity contribution in [2.24, 2.45) is 0 Å². The van der Waals surface area contributed by atoms with Crippen molar-refractivity contribution >= 4 is 10.9 Å². The highest BCUT2D eigenvalue weighted by Crippen LogP contribution is 2.25. The van der Waals surface area contributed by atoms with Gasteiger partial charge in [-0.3, -0.25) is 4.90 Å². The maximum absolute atomic E-state index is 9.57. The number of aromatic hydroxyl groups is 1. The third-order valence-electron chi connectivity index (χ3n) is 3.87. The molecular formula is C15H20N2O. The quantitative estimate of drug-likeness (QED) is 0.899. The maximum Gasteiger partial charge on any atom is 0.116 e. The first kappa shape index (κ1) is 11.6. The van der Waals surface area contributed by atoms with E-state index < -0.39 is 0 Å². The molecule has 96 valence electrons. The number of phenolic OH excluding ortho intramolecular Hbond substituents is 1. The van der Waals surface area contributed by atoms with Gasteiger partial charge in [-0.25, -0.2) is 0 Å². The lowest BCUT2D eigenvalue weighted by molar-refractivity contribution is 0.322. The standard InChI is InChI=1S/C15H20N2O/c1-2-17-13(11-16-7-3-4-8-16)9-12-10-14(18)5-6-15(12)17/h5-6,9-10,18H,2-4,7-8,11H2,1H3. The molecule has 0 aliphatic carbocycles. The second-order valence-corrected chi connectivity index (χ2v) is 5.11. The fourth-order valence-corrected chi connectivity index (χ4v) is 2.99. The van der Waals surface area contributed by atoms with Crippen LogP contribution in [0, 0.1) is 0 Å². The number of hydrogen-bond donors (Lipinski definition) is 1. The minimum absolute atomic E-state index is 0.350. The van der Waals surface area contributed by atoms with E-state index in [0.29, 0.717) is 5.75 Å². The molecule has 0 bridgehead atoms. The molecule has 3 heteroatoms. The van der Waals surface area contributed by atoms with Gasteiger partial charge in [0, 0.05) is 29.7 Å². The monoisotopic (exact) mass is 244 g/mol. The van der Waals surface area contributed by atoms with Crippen molar-refractivity contribution in [2.45, 2.75) is 32.9 Å². The number of rotatable bonds is 3. The summed E-state index contributed by atoms with van der Waals surface area (Å²) in [6, 6.07) is 7.86. The van der Waals surface area contributed by atoms with Crippen LogP contribution < -0.4 is 0 Å². The molecule has 2 aromatic rings. The van der Waals surface area contributed by atoms with Crippen molar-refractivity contribution in [1.82, 2.24) is 9.47 Å². The van der Waals surface area contributed by atoms with Gasteiger partial charge < -0.3 is 9.67 Å². The third kappa shape index (κ3) is 1.99. The van der Waals surface area contributed by atoms with Crippen LogP contribution >= 0.6 is 0 Å². The molecule has 1 aliphatic rings. The van der Waals surface area contributed by atoms with E-state index in [1.807, 2.05) is 12.1 Å². The average molecular weight is 244 g/mol. The van der Waals surface area contributed by atoms with E-state index in [9.17, 15) is 5.11 Å². The van der Waals surface area contributed by atoms with E-state index in [1.165, 1.54) is 37.1 Å². The predicted octanol–water partition coefficient (Wildman–Crippen LogP) is 2.96. The summed E-state index contributed by atoms with van der Waals surface area (Å²) < 4.78 is 2.35. The minimum atomic E-state index is 0.350. The molecule has 0 amide bonds. The second-order valence-electron chi connectivity index (χ2n) is 5.11. The average Bonchev–Trinajstić information content (AvgIpc) is 2.96. The van der Waals surface area contributed by atoms with Gasteiger partial charge in [0.25, 0.3) is 0 Å². The molecule has 0 atom stereocenters. The number of nitrogens with zero attached hydrogens (tertiary/aromatic N) is 2. The van der Waals surface area contributed by atoms with Crippen LogP contribution in [0.3, 0.4) is 0 Å². The first-order valence-corrected chi connectivity index (χ1v) is 6.81. The van der Waals surface area contributed by atoms with Gasteiger partial charge in [-0.05, 0) is 57.1 Å². The SMILES string of the molecule is CCn1c(CN2CCCC2)cc2cc(O)ccc21. The molecule has 3 nitrogen and oxygen atoms in total. The molecule has 1 aliphatic heterocycles. The first-order valence-electron chi connectivity index (χ1n) is 6.81. The smallest absolute Gasteiger partial charge is 0.116 e. The van der Waals surface area contributed by atoms with E-state index in [-0.39, 0.29) is 0 Å². The van der Waals surface area contributed by atoms with Crippen molar-refractivity contribution in [2.75, 3.05) is 13.1 Å². The Hall–Kier alpha value is -1.48. The van der Waals surface area contributed by atoms with Crippen LogP contribution in [0.25, 0.3) is 10.9 Å². The normalized spacial score (nSPS) is 16.7. The van der Waals surface area contributed by atoms with E-state index in [0.717, 1.165) is 18.5 Å². The van der Waals surface area contributed by atoms with Gasteiger partial charge in [-0.1, -0.05) is 0 Å². The van der Waals surface area contributed by atoms with Crippen molar-refractivity contribution in [3.63, 3.8) is 0 Å². The number of benzene rings is 1. The highest BCUT2D eigenvalue weighted by molar-refractivity contribution is 5.82. The minimum Gasteiger partial charge on any atom is -0.508 e. The zero-order chi connectivity index (χ0) is 12.5. The van der Waals surface area contributed by atoms with Crippen molar-refractivity contribution < 1.29 is 5.11 Å². The Morgan fingerprint density at radius 1 is 1.17 bits per heavy atom. The van der Waals surface area contributed by atoms with Gasteiger partial charge in [0.05, 0.1) is 0 Å². The number of likely N-dealkylation sites (tertiary alicyclic amines) is 1. The Bertz CT molecular complexity index is 553. The number of phenols is 1. The van der Waals surface area contributed by atoms with Crippen LogP contribution in [-0.2, 0) is 13.1 Å². The van der Waals surface area contributed by atoms with E-state index in [2.05, 4.69) is 22.5 Å². The number of hydrogen-bond acceptors (Lipinski definition) is 2. The van der Waals surface area contributed by atoms with Gasteiger partial charge in [-0.2, -0.15) is 0 Å². The lowest BCUT2D eigenvalue weighted by Gasteiger charge is -2.16. The van der Waals surface area contributed by atoms with Gasteiger partial charge in [0.15, 0.2) is 0 Å².